The van der Waals surface area contributed by atoms with E-state index in [0.717, 1.165) is 49.3 Å². The molecule has 3 fully saturated rings. The van der Waals surface area contributed by atoms with Crippen LogP contribution in [-0.4, -0.2) is 240 Å². The molecule has 3 heterocycles. The van der Waals surface area contributed by atoms with Crippen molar-refractivity contribution >= 4 is 130 Å². The Morgan fingerprint density at radius 2 is 1.16 bits per heavy atom. The molecule has 1 saturated carbocycles. The fourth-order valence-electron chi connectivity index (χ4n) is 15.4. The number of likely N-dealkylation sites (tertiary alicyclic amines) is 1. The Morgan fingerprint density at radius 3 is 1.73 bits per heavy atom. The van der Waals surface area contributed by atoms with Crippen molar-refractivity contribution in [2.75, 3.05) is 31.1 Å². The lowest BCUT2D eigenvalue weighted by Gasteiger charge is -2.31. The van der Waals surface area contributed by atoms with Crippen LogP contribution in [0.15, 0.2) is 24.3 Å². The van der Waals surface area contributed by atoms with Crippen molar-refractivity contribution in [3.05, 3.63) is 35.4 Å². The number of nitrogens with zero attached hydrogens (tertiary/aromatic N) is 2. The summed E-state index contributed by atoms with van der Waals surface area (Å²) >= 11 is 2.34. The zero-order valence-electron chi connectivity index (χ0n) is 69.8. The normalized spacial score (nSPS) is 23.6. The van der Waals surface area contributed by atoms with Crippen LogP contribution in [-0.2, 0) is 97.8 Å². The topological polar surface area (TPSA) is 567 Å². The number of carbonyl (C=O) groups is 18. The lowest BCUT2D eigenvalue weighted by molar-refractivity contribution is -0.146. The first-order valence-corrected chi connectivity index (χ1v) is 44.6. The Bertz CT molecular complexity index is 3680. The number of fused-ring (bicyclic) bond motifs is 2. The summed E-state index contributed by atoms with van der Waals surface area (Å²) in [5.74, 6) is -20.0. The monoisotopic (exact) mass is 1720 g/mol. The van der Waals surface area contributed by atoms with Crippen LogP contribution < -0.4 is 64.6 Å². The number of primary amides is 2. The van der Waals surface area contributed by atoms with Crippen molar-refractivity contribution in [3.63, 3.8) is 0 Å². The van der Waals surface area contributed by atoms with Gasteiger partial charge < -0.3 is 94.9 Å². The number of ketones is 1. The maximum Gasteiger partial charge on any atom is 0.305 e. The maximum atomic E-state index is 15.1. The van der Waals surface area contributed by atoms with E-state index in [4.69, 9.17) is 11.5 Å². The van der Waals surface area contributed by atoms with Gasteiger partial charge in [0.25, 0.3) is 0 Å². The summed E-state index contributed by atoms with van der Waals surface area (Å²) in [6.07, 6.45) is 11.8. The molecule has 1 aromatic carbocycles. The van der Waals surface area contributed by atoms with Crippen molar-refractivity contribution in [2.45, 2.75) is 318 Å². The number of amides is 14. The third-order valence-electron chi connectivity index (χ3n) is 21.9. The SMILES string of the molecule is CCCCCCCCCCCCCCCCCC(=O)N[C@H]1C[C@@H](C(=O)N[C@@H](CCC(N)=O)C(=O)N[C@H]2CSCc3ccccc3CSCC[C@@H](C(=O)N[C@@H](CC(C)C)C(=O)C3CCC[C@H]3C(N)=O)NC(=O)[C@H](CCC(=O)O)NC(=O)CNC(=O)[C@H]([C@@H](C)O)NC(=O)[C@H](CCC(=O)O)NC(=O)[C@@H]3CCCN3C(=O)[C@H](CC(=O)O)NC2=O)N(C(C)=O)C1. The number of benzene rings is 1. The Labute approximate surface area is 709 Å². The van der Waals surface area contributed by atoms with Crippen molar-refractivity contribution in [3.8, 4) is 0 Å². The summed E-state index contributed by atoms with van der Waals surface area (Å²) in [7, 11) is 0. The molecule has 38 heteroatoms. The second-order valence-electron chi connectivity index (χ2n) is 32.2. The summed E-state index contributed by atoms with van der Waals surface area (Å²) < 4.78 is 0. The molecule has 0 radical (unpaired) electrons. The molecule has 1 aromatic rings. The minimum absolute atomic E-state index is 0.0548. The Morgan fingerprint density at radius 1 is 0.592 bits per heavy atom. The van der Waals surface area contributed by atoms with Gasteiger partial charge in [-0.15, -0.1) is 0 Å². The third kappa shape index (κ3) is 35.7. The van der Waals surface area contributed by atoms with Crippen LogP contribution >= 0.6 is 23.5 Å². The Balaban J connectivity index is 1.48. The number of carboxylic acids is 3. The number of thioether (sulfide) groups is 2. The van der Waals surface area contributed by atoms with E-state index >= 15 is 4.79 Å². The number of aliphatic hydroxyl groups is 1. The second kappa shape index (κ2) is 53.3. The van der Waals surface area contributed by atoms with Gasteiger partial charge in [0.1, 0.15) is 54.4 Å². The molecular weight excluding hydrogens is 1600 g/mol. The number of hydrogen-bond donors (Lipinski definition) is 16. The zero-order chi connectivity index (χ0) is 88.5. The first-order chi connectivity index (χ1) is 57.1. The van der Waals surface area contributed by atoms with Crippen LogP contribution in [0.3, 0.4) is 0 Å². The van der Waals surface area contributed by atoms with E-state index in [2.05, 4.69) is 60.1 Å². The molecule has 1 aliphatic carbocycles. The van der Waals surface area contributed by atoms with E-state index in [-0.39, 0.29) is 86.5 Å². The number of unbranched alkanes of at least 4 members (excludes halogenated alkanes) is 14. The molecule has 14 atom stereocenters. The summed E-state index contributed by atoms with van der Waals surface area (Å²) in [6, 6.07) is -10.1. The highest BCUT2D eigenvalue weighted by molar-refractivity contribution is 7.98. The summed E-state index contributed by atoms with van der Waals surface area (Å²) in [5.41, 5.74) is 12.7. The average Bonchev–Trinajstić information content (AvgIpc) is 1.53. The van der Waals surface area contributed by atoms with Gasteiger partial charge in [-0.05, 0) is 100 Å². The van der Waals surface area contributed by atoms with Crippen molar-refractivity contribution < 1.29 is 107 Å². The van der Waals surface area contributed by atoms with E-state index in [9.17, 15) is 102 Å². The van der Waals surface area contributed by atoms with Gasteiger partial charge in [0.2, 0.25) is 82.7 Å². The molecule has 120 heavy (non-hydrogen) atoms. The molecule has 5 rings (SSSR count). The molecule has 18 N–H and O–H groups in total. The van der Waals surface area contributed by atoms with Gasteiger partial charge in [0, 0.05) is 80.8 Å². The zero-order valence-corrected chi connectivity index (χ0v) is 71.5. The van der Waals surface area contributed by atoms with Crippen LogP contribution in [0.5, 0.6) is 0 Å². The number of carbonyl (C=O) groups excluding carboxylic acids is 15. The first-order valence-electron chi connectivity index (χ1n) is 42.3. The molecule has 2 saturated heterocycles. The van der Waals surface area contributed by atoms with Crippen LogP contribution in [0.4, 0.5) is 0 Å². The van der Waals surface area contributed by atoms with E-state index < -0.39 is 236 Å². The minimum atomic E-state index is -2.00. The standard InChI is InChI=1S/C82H128N14O22S2/c1-6-7-8-9-10-11-12-13-14-15-16-17-18-19-20-30-66(100)86-53-41-64(96(44-53)50(5)98)80(116)90-57(31-34-65(83)99)75(111)93-62-47-120-46-52-26-22-21-25-51(52)45-119-39-37-59(76(112)91-60(40-48(2)3)72(108)54-27-23-28-55(54)73(84)109)88-74(110)56(32-35-68(102)103)87-67(101)43-85-81(117)71(49(4)97)94-77(113)58(33-36-69(104)105)89-79(115)63-29-24-38-95(63)82(118)61(42-70(106)107)92-78(62)114/h21-22,25-26,48-49,53-64,71,97H,6-20,23-24,27-47H2,1-5H3,(H2,83,99)(H2,84,109)(H,85,117)(H,86,100)(H,87,101)(H,88,110)(H,89,115)(H,90,116)(H,91,112)(H,92,114)(H,93,111)(H,94,113)(H,102,103)(H,104,105)(H,106,107)/t49-,53+,54?,55-,56+,57+,58+,59+,60+,61+,62+,63+,64+,71+/m1/s1. The molecule has 670 valence electrons. The highest BCUT2D eigenvalue weighted by Gasteiger charge is 2.45. The number of hydrogen-bond acceptors (Lipinski definition) is 21. The van der Waals surface area contributed by atoms with Crippen LogP contribution in [0, 0.1) is 17.8 Å². The van der Waals surface area contributed by atoms with Crippen LogP contribution in [0.2, 0.25) is 0 Å². The van der Waals surface area contributed by atoms with E-state index in [1.54, 1.807) is 38.1 Å². The molecular formula is C82H128N14O22S2. The highest BCUT2D eigenvalue weighted by Crippen LogP contribution is 2.34. The van der Waals surface area contributed by atoms with E-state index in [0.29, 0.717) is 36.8 Å². The van der Waals surface area contributed by atoms with Gasteiger partial charge in [0.15, 0.2) is 5.78 Å². The number of Topliss-reactive ketones (excluding diaryl/α,β-unsaturated/α-hetero) is 1. The fraction of sp³-hybridized carbons (Fsp3) is 0.707. The molecule has 4 aliphatic rings. The smallest absolute Gasteiger partial charge is 0.305 e. The molecule has 14 amide bonds. The van der Waals surface area contributed by atoms with Gasteiger partial charge in [-0.3, -0.25) is 86.3 Å². The Hall–Kier alpha value is -9.46. The predicted octanol–water partition coefficient (Wildman–Crippen LogP) is 2.28. The number of aliphatic carboxylic acids is 3. The average molecular weight is 1730 g/mol. The molecule has 36 nitrogen and oxygen atoms in total. The first kappa shape index (κ1) is 101. The van der Waals surface area contributed by atoms with Crippen LogP contribution in [0.1, 0.15) is 245 Å². The van der Waals surface area contributed by atoms with Gasteiger partial charge >= 0.3 is 17.9 Å². The number of nitrogens with two attached hydrogens (primary N) is 2. The summed E-state index contributed by atoms with van der Waals surface area (Å²) in [6.45, 7) is 6.83. The molecule has 0 spiro atoms. The number of rotatable bonds is 40. The largest absolute Gasteiger partial charge is 0.481 e. The molecule has 1 unspecified atom stereocenters. The summed E-state index contributed by atoms with van der Waals surface area (Å²) in [5, 5.41) is 65.9. The van der Waals surface area contributed by atoms with Crippen LogP contribution in [0.25, 0.3) is 0 Å². The number of aliphatic hydroxyl groups excluding tert-OH is 1. The predicted molar refractivity (Wildman–Crippen MR) is 444 cm³/mol. The number of carboxylic acid groups (broad SMARTS) is 3. The van der Waals surface area contributed by atoms with E-state index in [1.165, 1.54) is 87.8 Å². The number of nitrogens with one attached hydrogen (secondary N) is 10. The van der Waals surface area contributed by atoms with Crippen molar-refractivity contribution in [2.24, 2.45) is 29.2 Å². The molecule has 0 aromatic heterocycles. The third-order valence-corrected chi connectivity index (χ3v) is 24.1. The van der Waals surface area contributed by atoms with E-state index in [1.807, 2.05) is 0 Å². The minimum Gasteiger partial charge on any atom is -0.481 e. The van der Waals surface area contributed by atoms with Gasteiger partial charge in [-0.1, -0.05) is 141 Å². The van der Waals surface area contributed by atoms with Gasteiger partial charge in [-0.2, -0.15) is 23.5 Å². The Kier molecular flexibility index (Phi) is 44.9. The maximum absolute atomic E-state index is 15.1. The summed E-state index contributed by atoms with van der Waals surface area (Å²) in [4.78, 5) is 249. The second-order valence-corrected chi connectivity index (χ2v) is 34.3. The lowest BCUT2D eigenvalue weighted by Crippen LogP contribution is -2.61. The fourth-order valence-corrected chi connectivity index (χ4v) is 17.5. The lowest BCUT2D eigenvalue weighted by atomic mass is 9.85. The van der Waals surface area contributed by atoms with Crippen molar-refractivity contribution in [1.29, 1.82) is 0 Å². The highest BCUT2D eigenvalue weighted by atomic mass is 32.2. The van der Waals surface area contributed by atoms with Gasteiger partial charge in [0.05, 0.1) is 25.1 Å². The molecule has 3 aliphatic heterocycles. The quantitative estimate of drug-likeness (QED) is 0.0419. The van der Waals surface area contributed by atoms with Crippen molar-refractivity contribution in [1.82, 2.24) is 63.0 Å². The molecule has 0 bridgehead atoms. The van der Waals surface area contributed by atoms with Gasteiger partial charge in [-0.25, -0.2) is 0 Å².